The molecule has 1 heterocycles. The van der Waals surface area contributed by atoms with Gasteiger partial charge in [0.05, 0.1) is 11.3 Å². The van der Waals surface area contributed by atoms with E-state index in [1.165, 1.54) is 11.3 Å². The van der Waals surface area contributed by atoms with Crippen LogP contribution in [0, 0.1) is 0 Å². The van der Waals surface area contributed by atoms with Gasteiger partial charge in [-0.15, -0.1) is 11.3 Å². The second-order valence-electron chi connectivity index (χ2n) is 2.17. The van der Waals surface area contributed by atoms with Crippen LogP contribution in [0.2, 0.25) is 0 Å². The van der Waals surface area contributed by atoms with Gasteiger partial charge in [-0.1, -0.05) is 6.07 Å². The quantitative estimate of drug-likeness (QED) is 0.555. The molecular formula is C6H8BNO3S. The van der Waals surface area contributed by atoms with Crippen molar-refractivity contribution in [1.29, 1.82) is 0 Å². The maximum Gasteiger partial charge on any atom is 0.472 e. The minimum atomic E-state index is -1.49. The first-order valence-corrected chi connectivity index (χ1v) is 4.26. The van der Waals surface area contributed by atoms with Gasteiger partial charge in [0.2, 0.25) is 0 Å². The number of nitrogens with one attached hydrogen (secondary N) is 1. The Labute approximate surface area is 74.0 Å². The minimum Gasteiger partial charge on any atom is -0.426 e. The molecule has 0 saturated heterocycles. The van der Waals surface area contributed by atoms with Crippen LogP contribution in [0.3, 0.4) is 0 Å². The molecule has 12 heavy (non-hydrogen) atoms. The Morgan fingerprint density at radius 2 is 2.42 bits per heavy atom. The van der Waals surface area contributed by atoms with Crippen LogP contribution in [-0.4, -0.2) is 29.5 Å². The van der Waals surface area contributed by atoms with E-state index in [1.807, 2.05) is 0 Å². The summed E-state index contributed by atoms with van der Waals surface area (Å²) in [5.74, 6) is -0.280. The first-order valence-electron chi connectivity index (χ1n) is 3.38. The number of thiophene rings is 1. The highest BCUT2D eigenvalue weighted by Crippen LogP contribution is 2.07. The number of carbonyl (C=O) groups is 1. The Hall–Kier alpha value is -0.845. The molecule has 6 heteroatoms. The molecule has 0 saturated carbocycles. The zero-order chi connectivity index (χ0) is 8.97. The molecule has 0 aliphatic heterocycles. The van der Waals surface area contributed by atoms with Crippen molar-refractivity contribution in [2.75, 3.05) is 6.44 Å². The summed E-state index contributed by atoms with van der Waals surface area (Å²) in [7, 11) is -1.49. The smallest absolute Gasteiger partial charge is 0.426 e. The summed E-state index contributed by atoms with van der Waals surface area (Å²) in [5, 5.41) is 21.0. The molecule has 4 nitrogen and oxygen atoms in total. The highest BCUT2D eigenvalue weighted by Gasteiger charge is 2.10. The van der Waals surface area contributed by atoms with E-state index in [1.54, 1.807) is 17.5 Å². The lowest BCUT2D eigenvalue weighted by molar-refractivity contribution is 0.0960. The van der Waals surface area contributed by atoms with Crippen LogP contribution in [0.15, 0.2) is 17.5 Å². The predicted molar refractivity (Wildman–Crippen MR) is 46.8 cm³/mol. The average molecular weight is 185 g/mol. The largest absolute Gasteiger partial charge is 0.472 e. The predicted octanol–water partition coefficient (Wildman–Crippen LogP) is -0.510. The fourth-order valence-corrected chi connectivity index (χ4v) is 1.32. The summed E-state index contributed by atoms with van der Waals surface area (Å²) in [5.41, 5.74) is 0. The number of rotatable bonds is 3. The average Bonchev–Trinajstić information content (AvgIpc) is 2.51. The number of hydrogen-bond donors (Lipinski definition) is 3. The number of amides is 1. The summed E-state index contributed by atoms with van der Waals surface area (Å²) in [6, 6.07) is 3.43. The van der Waals surface area contributed by atoms with Gasteiger partial charge in [0.25, 0.3) is 5.91 Å². The Morgan fingerprint density at radius 1 is 1.67 bits per heavy atom. The molecule has 0 aliphatic rings. The van der Waals surface area contributed by atoms with Crippen LogP contribution >= 0.6 is 11.3 Å². The molecule has 0 aliphatic carbocycles. The van der Waals surface area contributed by atoms with Crippen molar-refractivity contribution in [3.05, 3.63) is 22.4 Å². The molecule has 64 valence electrons. The van der Waals surface area contributed by atoms with Crippen molar-refractivity contribution in [2.24, 2.45) is 0 Å². The van der Waals surface area contributed by atoms with Crippen LogP contribution in [0.25, 0.3) is 0 Å². The first-order chi connectivity index (χ1) is 5.70. The number of carbonyl (C=O) groups excluding carboxylic acids is 1. The van der Waals surface area contributed by atoms with Crippen LogP contribution in [-0.2, 0) is 0 Å². The monoisotopic (exact) mass is 185 g/mol. The van der Waals surface area contributed by atoms with E-state index < -0.39 is 7.12 Å². The van der Waals surface area contributed by atoms with Gasteiger partial charge >= 0.3 is 7.12 Å². The lowest BCUT2D eigenvalue weighted by Gasteiger charge is -2.00. The number of hydrogen-bond acceptors (Lipinski definition) is 4. The van der Waals surface area contributed by atoms with Crippen molar-refractivity contribution in [1.82, 2.24) is 5.32 Å². The molecule has 1 aromatic heterocycles. The summed E-state index contributed by atoms with van der Waals surface area (Å²) in [6.07, 6.45) is -0.142. The zero-order valence-electron chi connectivity index (χ0n) is 6.23. The van der Waals surface area contributed by atoms with Crippen LogP contribution < -0.4 is 5.32 Å². The lowest BCUT2D eigenvalue weighted by atomic mass is 9.92. The molecule has 1 aromatic rings. The van der Waals surface area contributed by atoms with Crippen molar-refractivity contribution >= 4 is 24.4 Å². The third kappa shape index (κ3) is 2.65. The molecule has 0 atom stereocenters. The Balaban J connectivity index is 2.40. The summed E-state index contributed by atoms with van der Waals surface area (Å²) in [4.78, 5) is 11.7. The van der Waals surface area contributed by atoms with Crippen LogP contribution in [0.5, 0.6) is 0 Å². The molecular weight excluding hydrogens is 177 g/mol. The topological polar surface area (TPSA) is 69.6 Å². The molecule has 1 rings (SSSR count). The van der Waals surface area contributed by atoms with Gasteiger partial charge in [0, 0.05) is 0 Å². The Bertz CT molecular complexity index is 249. The van der Waals surface area contributed by atoms with E-state index in [0.717, 1.165) is 0 Å². The standard InChI is InChI=1S/C6H8BNO3S/c9-6(8-4-7(10)11)5-2-1-3-12-5/h1-3,10-11H,4H2,(H,8,9). The van der Waals surface area contributed by atoms with Gasteiger partial charge < -0.3 is 15.4 Å². The molecule has 1 amide bonds. The SMILES string of the molecule is O=C(NCB(O)O)c1cccs1. The second kappa shape index (κ2) is 4.25. The van der Waals surface area contributed by atoms with Gasteiger partial charge in [-0.25, -0.2) is 0 Å². The maximum atomic E-state index is 11.1. The summed E-state index contributed by atoms with van der Waals surface area (Å²) < 4.78 is 0. The Kier molecular flexibility index (Phi) is 3.27. The fourth-order valence-electron chi connectivity index (χ4n) is 0.679. The highest BCUT2D eigenvalue weighted by molar-refractivity contribution is 7.12. The van der Waals surface area contributed by atoms with E-state index >= 15 is 0 Å². The third-order valence-electron chi connectivity index (χ3n) is 1.19. The van der Waals surface area contributed by atoms with Crippen LogP contribution in [0.4, 0.5) is 0 Å². The van der Waals surface area contributed by atoms with Crippen molar-refractivity contribution in [2.45, 2.75) is 0 Å². The van der Waals surface area contributed by atoms with Gasteiger partial charge in [-0.2, -0.15) is 0 Å². The van der Waals surface area contributed by atoms with Crippen molar-refractivity contribution in [3.8, 4) is 0 Å². The molecule has 0 spiro atoms. The third-order valence-corrected chi connectivity index (χ3v) is 2.06. The van der Waals surface area contributed by atoms with Crippen molar-refractivity contribution < 1.29 is 14.8 Å². The minimum absolute atomic E-state index is 0.142. The summed E-state index contributed by atoms with van der Waals surface area (Å²) in [6.45, 7) is 0. The van der Waals surface area contributed by atoms with E-state index in [2.05, 4.69) is 5.32 Å². The molecule has 0 radical (unpaired) electrons. The molecule has 0 unspecified atom stereocenters. The summed E-state index contributed by atoms with van der Waals surface area (Å²) >= 11 is 1.31. The second-order valence-corrected chi connectivity index (χ2v) is 3.12. The zero-order valence-corrected chi connectivity index (χ0v) is 7.04. The maximum absolute atomic E-state index is 11.1. The van der Waals surface area contributed by atoms with E-state index in [4.69, 9.17) is 10.0 Å². The van der Waals surface area contributed by atoms with E-state index in [-0.39, 0.29) is 12.4 Å². The van der Waals surface area contributed by atoms with Crippen LogP contribution in [0.1, 0.15) is 9.67 Å². The van der Waals surface area contributed by atoms with E-state index in [0.29, 0.717) is 4.88 Å². The lowest BCUT2D eigenvalue weighted by Crippen LogP contribution is -2.34. The fraction of sp³-hybridized carbons (Fsp3) is 0.167. The van der Waals surface area contributed by atoms with Gasteiger partial charge in [-0.3, -0.25) is 4.79 Å². The van der Waals surface area contributed by atoms with Gasteiger partial charge in [-0.05, 0) is 11.4 Å². The molecule has 3 N–H and O–H groups in total. The Morgan fingerprint density at radius 3 is 2.92 bits per heavy atom. The molecule has 0 bridgehead atoms. The normalized spacial score (nSPS) is 9.50. The highest BCUT2D eigenvalue weighted by atomic mass is 32.1. The van der Waals surface area contributed by atoms with E-state index in [9.17, 15) is 4.79 Å². The van der Waals surface area contributed by atoms with Crippen molar-refractivity contribution in [3.63, 3.8) is 0 Å². The van der Waals surface area contributed by atoms with Gasteiger partial charge in [0.1, 0.15) is 0 Å². The first kappa shape index (κ1) is 9.24. The molecule has 0 fully saturated rings. The van der Waals surface area contributed by atoms with Gasteiger partial charge in [0.15, 0.2) is 0 Å². The molecule has 0 aromatic carbocycles.